The van der Waals surface area contributed by atoms with Gasteiger partial charge in [0.1, 0.15) is 0 Å². The van der Waals surface area contributed by atoms with Crippen LogP contribution < -0.4 is 10.6 Å². The SMILES string of the molecule is CC1NCCC1CNCc1ccccc1. The van der Waals surface area contributed by atoms with Crippen LogP contribution in [0.5, 0.6) is 0 Å². The maximum Gasteiger partial charge on any atom is 0.0205 e. The zero-order chi connectivity index (χ0) is 10.5. The minimum absolute atomic E-state index is 0.674. The molecule has 2 N–H and O–H groups in total. The molecule has 2 atom stereocenters. The molecule has 2 nitrogen and oxygen atoms in total. The lowest BCUT2D eigenvalue weighted by molar-refractivity contribution is 0.439. The van der Waals surface area contributed by atoms with E-state index >= 15 is 0 Å². The molecule has 2 unspecified atom stereocenters. The van der Waals surface area contributed by atoms with Crippen LogP contribution in [0.2, 0.25) is 0 Å². The molecule has 0 aliphatic carbocycles. The molecular weight excluding hydrogens is 184 g/mol. The fourth-order valence-electron chi connectivity index (χ4n) is 2.19. The van der Waals surface area contributed by atoms with E-state index in [4.69, 9.17) is 0 Å². The lowest BCUT2D eigenvalue weighted by Crippen LogP contribution is -2.30. The van der Waals surface area contributed by atoms with Gasteiger partial charge in [-0.1, -0.05) is 30.3 Å². The first-order chi connectivity index (χ1) is 7.36. The fourth-order valence-corrected chi connectivity index (χ4v) is 2.19. The number of rotatable bonds is 4. The van der Waals surface area contributed by atoms with E-state index in [9.17, 15) is 0 Å². The van der Waals surface area contributed by atoms with Crippen molar-refractivity contribution in [1.82, 2.24) is 10.6 Å². The summed E-state index contributed by atoms with van der Waals surface area (Å²) in [5.74, 6) is 0.800. The van der Waals surface area contributed by atoms with Crippen LogP contribution in [-0.2, 0) is 6.54 Å². The van der Waals surface area contributed by atoms with Crippen LogP contribution in [0.3, 0.4) is 0 Å². The van der Waals surface area contributed by atoms with Crippen molar-refractivity contribution in [2.24, 2.45) is 5.92 Å². The predicted octanol–water partition coefficient (Wildman–Crippen LogP) is 1.77. The van der Waals surface area contributed by atoms with Crippen LogP contribution in [0, 0.1) is 5.92 Å². The molecule has 1 aromatic carbocycles. The smallest absolute Gasteiger partial charge is 0.0205 e. The summed E-state index contributed by atoms with van der Waals surface area (Å²) in [6, 6.07) is 11.3. The molecule has 1 aliphatic heterocycles. The van der Waals surface area contributed by atoms with E-state index in [1.165, 1.54) is 18.5 Å². The van der Waals surface area contributed by atoms with Gasteiger partial charge in [0.15, 0.2) is 0 Å². The molecule has 0 aromatic heterocycles. The number of benzene rings is 1. The zero-order valence-corrected chi connectivity index (χ0v) is 9.37. The molecule has 82 valence electrons. The molecule has 0 radical (unpaired) electrons. The predicted molar refractivity (Wildman–Crippen MR) is 63.7 cm³/mol. The second kappa shape index (κ2) is 5.29. The van der Waals surface area contributed by atoms with E-state index in [2.05, 4.69) is 47.9 Å². The maximum absolute atomic E-state index is 3.53. The van der Waals surface area contributed by atoms with Crippen LogP contribution in [0.25, 0.3) is 0 Å². The Morgan fingerprint density at radius 3 is 2.80 bits per heavy atom. The Hall–Kier alpha value is -0.860. The largest absolute Gasteiger partial charge is 0.314 e. The summed E-state index contributed by atoms with van der Waals surface area (Å²) < 4.78 is 0. The number of hydrogen-bond donors (Lipinski definition) is 2. The van der Waals surface area contributed by atoms with Gasteiger partial charge in [-0.25, -0.2) is 0 Å². The Morgan fingerprint density at radius 2 is 2.13 bits per heavy atom. The summed E-state index contributed by atoms with van der Waals surface area (Å²) in [6.07, 6.45) is 1.31. The van der Waals surface area contributed by atoms with Crippen molar-refractivity contribution in [2.45, 2.75) is 25.9 Å². The van der Waals surface area contributed by atoms with Gasteiger partial charge in [0.25, 0.3) is 0 Å². The summed E-state index contributed by atoms with van der Waals surface area (Å²) in [5.41, 5.74) is 1.37. The summed E-state index contributed by atoms with van der Waals surface area (Å²) in [4.78, 5) is 0. The molecule has 0 bridgehead atoms. The highest BCUT2D eigenvalue weighted by Gasteiger charge is 2.21. The third-order valence-corrected chi connectivity index (χ3v) is 3.27. The van der Waals surface area contributed by atoms with Crippen molar-refractivity contribution < 1.29 is 0 Å². The maximum atomic E-state index is 3.53. The van der Waals surface area contributed by atoms with Gasteiger partial charge in [-0.2, -0.15) is 0 Å². The molecule has 1 aliphatic rings. The van der Waals surface area contributed by atoms with Crippen LogP contribution in [0.1, 0.15) is 18.9 Å². The van der Waals surface area contributed by atoms with E-state index in [0.717, 1.165) is 19.0 Å². The topological polar surface area (TPSA) is 24.1 Å². The summed E-state index contributed by atoms with van der Waals surface area (Å²) >= 11 is 0. The monoisotopic (exact) mass is 204 g/mol. The van der Waals surface area contributed by atoms with Gasteiger partial charge in [0.2, 0.25) is 0 Å². The van der Waals surface area contributed by atoms with Gasteiger partial charge >= 0.3 is 0 Å². The van der Waals surface area contributed by atoms with Crippen LogP contribution in [0.4, 0.5) is 0 Å². The molecule has 1 saturated heterocycles. The average molecular weight is 204 g/mol. The lowest BCUT2D eigenvalue weighted by Gasteiger charge is -2.15. The van der Waals surface area contributed by atoms with E-state index < -0.39 is 0 Å². The Morgan fingerprint density at radius 1 is 1.33 bits per heavy atom. The normalized spacial score (nSPS) is 25.7. The third kappa shape index (κ3) is 3.05. The Balaban J connectivity index is 1.71. The molecule has 1 fully saturated rings. The van der Waals surface area contributed by atoms with Gasteiger partial charge in [0, 0.05) is 12.6 Å². The van der Waals surface area contributed by atoms with E-state index in [0.29, 0.717) is 6.04 Å². The first-order valence-electron chi connectivity index (χ1n) is 5.84. The number of nitrogens with one attached hydrogen (secondary N) is 2. The van der Waals surface area contributed by atoms with Crippen molar-refractivity contribution in [2.75, 3.05) is 13.1 Å². The van der Waals surface area contributed by atoms with Gasteiger partial charge in [-0.3, -0.25) is 0 Å². The molecule has 2 heteroatoms. The van der Waals surface area contributed by atoms with Crippen molar-refractivity contribution in [3.63, 3.8) is 0 Å². The molecule has 0 spiro atoms. The number of hydrogen-bond acceptors (Lipinski definition) is 2. The first kappa shape index (κ1) is 10.7. The lowest BCUT2D eigenvalue weighted by atomic mass is 10.0. The molecule has 0 saturated carbocycles. The van der Waals surface area contributed by atoms with Crippen LogP contribution in [0.15, 0.2) is 30.3 Å². The second-order valence-electron chi connectivity index (χ2n) is 4.41. The fraction of sp³-hybridized carbons (Fsp3) is 0.538. The van der Waals surface area contributed by atoms with Crippen LogP contribution in [-0.4, -0.2) is 19.1 Å². The highest BCUT2D eigenvalue weighted by Crippen LogP contribution is 2.13. The van der Waals surface area contributed by atoms with E-state index in [1.54, 1.807) is 0 Å². The molecule has 15 heavy (non-hydrogen) atoms. The molecular formula is C13H20N2. The molecule has 1 heterocycles. The van der Waals surface area contributed by atoms with E-state index in [1.807, 2.05) is 0 Å². The molecule has 0 amide bonds. The van der Waals surface area contributed by atoms with Crippen LogP contribution >= 0.6 is 0 Å². The van der Waals surface area contributed by atoms with Crippen molar-refractivity contribution in [3.05, 3.63) is 35.9 Å². The summed E-state index contributed by atoms with van der Waals surface area (Å²) in [5, 5.41) is 7.01. The second-order valence-corrected chi connectivity index (χ2v) is 4.41. The highest BCUT2D eigenvalue weighted by molar-refractivity contribution is 5.14. The third-order valence-electron chi connectivity index (χ3n) is 3.27. The zero-order valence-electron chi connectivity index (χ0n) is 9.37. The van der Waals surface area contributed by atoms with Gasteiger partial charge < -0.3 is 10.6 Å². The van der Waals surface area contributed by atoms with Gasteiger partial charge in [-0.05, 0) is 37.9 Å². The Labute approximate surface area is 92.1 Å². The van der Waals surface area contributed by atoms with Gasteiger partial charge in [0.05, 0.1) is 0 Å². The molecule has 1 aromatic rings. The van der Waals surface area contributed by atoms with Gasteiger partial charge in [-0.15, -0.1) is 0 Å². The minimum Gasteiger partial charge on any atom is -0.314 e. The van der Waals surface area contributed by atoms with Crippen molar-refractivity contribution >= 4 is 0 Å². The van der Waals surface area contributed by atoms with E-state index in [-0.39, 0.29) is 0 Å². The highest BCUT2D eigenvalue weighted by atomic mass is 15.0. The summed E-state index contributed by atoms with van der Waals surface area (Å²) in [6.45, 7) is 5.58. The van der Waals surface area contributed by atoms with Crippen molar-refractivity contribution in [1.29, 1.82) is 0 Å². The van der Waals surface area contributed by atoms with Crippen molar-refractivity contribution in [3.8, 4) is 0 Å². The Kier molecular flexibility index (Phi) is 3.75. The summed E-state index contributed by atoms with van der Waals surface area (Å²) in [7, 11) is 0. The minimum atomic E-state index is 0.674. The first-order valence-corrected chi connectivity index (χ1v) is 5.84. The molecule has 2 rings (SSSR count). The quantitative estimate of drug-likeness (QED) is 0.781. The standard InChI is InChI=1S/C13H20N2/c1-11-13(7-8-15-11)10-14-9-12-5-3-2-4-6-12/h2-6,11,13-15H,7-10H2,1H3. The average Bonchev–Trinajstić information content (AvgIpc) is 2.66. The Bertz CT molecular complexity index is 284.